The Hall–Kier alpha value is -0.910. The highest BCUT2D eigenvalue weighted by Crippen LogP contribution is 2.31. The first-order valence-electron chi connectivity index (χ1n) is 5.72. The Kier molecular flexibility index (Phi) is 5.16. The predicted octanol–water partition coefficient (Wildman–Crippen LogP) is 3.50. The lowest BCUT2D eigenvalue weighted by Gasteiger charge is -2.09. The zero-order valence-corrected chi connectivity index (χ0v) is 12.5. The number of hydrogen-bond donors (Lipinski definition) is 1. The van der Waals surface area contributed by atoms with E-state index >= 15 is 0 Å². The number of benzene rings is 1. The molecule has 5 heteroatoms. The fraction of sp³-hybridized carbons (Fsp3) is 0.231. The van der Waals surface area contributed by atoms with Crippen LogP contribution in [0.3, 0.4) is 0 Å². The van der Waals surface area contributed by atoms with E-state index in [9.17, 15) is 0 Å². The van der Waals surface area contributed by atoms with Gasteiger partial charge in [0.1, 0.15) is 11.4 Å². The minimum atomic E-state index is 0.872. The van der Waals surface area contributed by atoms with E-state index in [1.165, 1.54) is 10.5 Å². The Labute approximate surface area is 120 Å². The quantitative estimate of drug-likeness (QED) is 0.854. The van der Waals surface area contributed by atoms with Crippen LogP contribution in [0.5, 0.6) is 0 Å². The van der Waals surface area contributed by atoms with Gasteiger partial charge in [0.15, 0.2) is 0 Å². The van der Waals surface area contributed by atoms with E-state index in [0.29, 0.717) is 0 Å². The van der Waals surface area contributed by atoms with Crippen LogP contribution in [0.1, 0.15) is 12.5 Å². The summed E-state index contributed by atoms with van der Waals surface area (Å²) in [6, 6.07) is 8.25. The molecule has 1 aromatic heterocycles. The third-order valence-corrected chi connectivity index (χ3v) is 3.91. The molecule has 1 aromatic carbocycles. The maximum Gasteiger partial charge on any atom is 0.116 e. The molecule has 0 aliphatic rings. The van der Waals surface area contributed by atoms with Crippen LogP contribution in [-0.2, 0) is 6.54 Å². The number of hydrogen-bond acceptors (Lipinski definition) is 4. The van der Waals surface area contributed by atoms with Crippen LogP contribution in [0.4, 0.5) is 0 Å². The second kappa shape index (κ2) is 6.87. The van der Waals surface area contributed by atoms with Gasteiger partial charge in [-0.15, -0.1) is 0 Å². The second-order valence-electron chi connectivity index (χ2n) is 3.68. The van der Waals surface area contributed by atoms with Crippen molar-refractivity contribution in [2.45, 2.75) is 23.4 Å². The lowest BCUT2D eigenvalue weighted by atomic mass is 10.2. The Balaban J connectivity index is 2.22. The number of nitrogens with one attached hydrogen (secondary N) is 1. The molecule has 1 N–H and O–H groups in total. The molecule has 18 heavy (non-hydrogen) atoms. The van der Waals surface area contributed by atoms with Crippen molar-refractivity contribution in [3.8, 4) is 0 Å². The van der Waals surface area contributed by atoms with E-state index < -0.39 is 0 Å². The summed E-state index contributed by atoms with van der Waals surface area (Å²) < 4.78 is 1.08. The molecular weight excluding hydrogens is 310 g/mol. The predicted molar refractivity (Wildman–Crippen MR) is 77.7 cm³/mol. The fourth-order valence-corrected chi connectivity index (χ4v) is 2.90. The Bertz CT molecular complexity index is 505. The highest BCUT2D eigenvalue weighted by atomic mass is 79.9. The first-order valence-corrected chi connectivity index (χ1v) is 7.33. The van der Waals surface area contributed by atoms with Crippen molar-refractivity contribution in [3.05, 3.63) is 46.8 Å². The molecule has 1 heterocycles. The first-order chi connectivity index (χ1) is 8.79. The van der Waals surface area contributed by atoms with Gasteiger partial charge in [-0.2, -0.15) is 0 Å². The maximum absolute atomic E-state index is 4.24. The van der Waals surface area contributed by atoms with Gasteiger partial charge in [0, 0.05) is 22.1 Å². The van der Waals surface area contributed by atoms with Crippen molar-refractivity contribution >= 4 is 27.7 Å². The molecule has 0 aliphatic carbocycles. The van der Waals surface area contributed by atoms with Gasteiger partial charge in [0.25, 0.3) is 0 Å². The normalized spacial score (nSPS) is 10.6. The molecule has 3 nitrogen and oxygen atoms in total. The van der Waals surface area contributed by atoms with Crippen molar-refractivity contribution in [2.24, 2.45) is 0 Å². The van der Waals surface area contributed by atoms with Crippen LogP contribution >= 0.6 is 27.7 Å². The largest absolute Gasteiger partial charge is 0.313 e. The summed E-state index contributed by atoms with van der Waals surface area (Å²) in [6.45, 7) is 3.95. The summed E-state index contributed by atoms with van der Waals surface area (Å²) >= 11 is 5.17. The highest BCUT2D eigenvalue weighted by molar-refractivity contribution is 9.10. The molecule has 0 bridgehead atoms. The van der Waals surface area contributed by atoms with Crippen molar-refractivity contribution in [2.75, 3.05) is 6.54 Å². The monoisotopic (exact) mass is 323 g/mol. The summed E-state index contributed by atoms with van der Waals surface area (Å²) in [4.78, 5) is 9.38. The van der Waals surface area contributed by atoms with Crippen LogP contribution in [0.25, 0.3) is 0 Å². The van der Waals surface area contributed by atoms with Crippen LogP contribution in [-0.4, -0.2) is 16.5 Å². The summed E-state index contributed by atoms with van der Waals surface area (Å²) in [5, 5.41) is 4.31. The molecule has 0 saturated carbocycles. The van der Waals surface area contributed by atoms with Crippen molar-refractivity contribution < 1.29 is 0 Å². The molecule has 2 aromatic rings. The summed E-state index contributed by atoms with van der Waals surface area (Å²) in [6.07, 6.45) is 3.33. The fourth-order valence-electron chi connectivity index (χ4n) is 1.48. The molecule has 0 aliphatic heterocycles. The lowest BCUT2D eigenvalue weighted by molar-refractivity contribution is 0.717. The number of rotatable bonds is 5. The van der Waals surface area contributed by atoms with E-state index in [1.807, 2.05) is 6.07 Å². The van der Waals surface area contributed by atoms with Crippen molar-refractivity contribution in [1.29, 1.82) is 0 Å². The van der Waals surface area contributed by atoms with Gasteiger partial charge in [-0.1, -0.05) is 40.7 Å². The van der Waals surface area contributed by atoms with Crippen molar-refractivity contribution in [3.63, 3.8) is 0 Å². The van der Waals surface area contributed by atoms with Crippen LogP contribution in [0.15, 0.2) is 51.2 Å². The lowest BCUT2D eigenvalue weighted by Crippen LogP contribution is -2.12. The maximum atomic E-state index is 4.24. The van der Waals surface area contributed by atoms with Gasteiger partial charge >= 0.3 is 0 Å². The van der Waals surface area contributed by atoms with E-state index in [1.54, 1.807) is 24.3 Å². The highest BCUT2D eigenvalue weighted by Gasteiger charge is 2.06. The zero-order valence-electron chi connectivity index (χ0n) is 10.1. The average Bonchev–Trinajstić information content (AvgIpc) is 2.39. The molecule has 0 radical (unpaired) electrons. The number of halogens is 1. The number of nitrogens with zero attached hydrogens (tertiary/aromatic N) is 2. The first kappa shape index (κ1) is 13.5. The van der Waals surface area contributed by atoms with E-state index in [0.717, 1.165) is 22.6 Å². The Morgan fingerprint density at radius 2 is 2.22 bits per heavy atom. The molecule has 0 spiro atoms. The van der Waals surface area contributed by atoms with Gasteiger partial charge in [0.05, 0.1) is 0 Å². The van der Waals surface area contributed by atoms with Crippen molar-refractivity contribution in [1.82, 2.24) is 15.3 Å². The van der Waals surface area contributed by atoms with Crippen LogP contribution < -0.4 is 5.32 Å². The number of aromatic nitrogens is 2. The minimum Gasteiger partial charge on any atom is -0.313 e. The van der Waals surface area contributed by atoms with Gasteiger partial charge in [0.2, 0.25) is 0 Å². The zero-order chi connectivity index (χ0) is 12.8. The van der Waals surface area contributed by atoms with Gasteiger partial charge in [-0.3, -0.25) is 0 Å². The summed E-state index contributed by atoms with van der Waals surface area (Å²) in [5.74, 6) is 0. The Morgan fingerprint density at radius 1 is 1.33 bits per heavy atom. The molecular formula is C13H14BrN3S. The third-order valence-electron chi connectivity index (χ3n) is 2.36. The smallest absolute Gasteiger partial charge is 0.116 e. The Morgan fingerprint density at radius 3 is 2.94 bits per heavy atom. The molecule has 0 amide bonds. The van der Waals surface area contributed by atoms with E-state index in [4.69, 9.17) is 0 Å². The van der Waals surface area contributed by atoms with Gasteiger partial charge in [-0.05, 0) is 30.3 Å². The molecule has 0 unspecified atom stereocenters. The van der Waals surface area contributed by atoms with Crippen LogP contribution in [0.2, 0.25) is 0 Å². The molecule has 0 fully saturated rings. The third kappa shape index (κ3) is 3.80. The minimum absolute atomic E-state index is 0.872. The topological polar surface area (TPSA) is 37.8 Å². The van der Waals surface area contributed by atoms with E-state index in [-0.39, 0.29) is 0 Å². The summed E-state index contributed by atoms with van der Waals surface area (Å²) in [7, 11) is 0. The average molecular weight is 324 g/mol. The standard InChI is InChI=1S/C13H14BrN3S/c1-2-15-8-10-3-4-11(14)7-12(10)18-13-5-6-16-9-17-13/h3-7,9,15H,2,8H2,1H3. The summed E-state index contributed by atoms with van der Waals surface area (Å²) in [5.41, 5.74) is 1.28. The van der Waals surface area contributed by atoms with Crippen LogP contribution in [0, 0.1) is 0 Å². The second-order valence-corrected chi connectivity index (χ2v) is 5.66. The molecule has 0 atom stereocenters. The molecule has 0 saturated heterocycles. The van der Waals surface area contributed by atoms with Gasteiger partial charge in [-0.25, -0.2) is 9.97 Å². The molecule has 94 valence electrons. The molecule has 2 rings (SSSR count). The van der Waals surface area contributed by atoms with Gasteiger partial charge < -0.3 is 5.32 Å². The SMILES string of the molecule is CCNCc1ccc(Br)cc1Sc1ccncn1. The van der Waals surface area contributed by atoms with E-state index in [2.05, 4.69) is 56.3 Å².